The summed E-state index contributed by atoms with van der Waals surface area (Å²) in [5.74, 6) is 2.14. The van der Waals surface area contributed by atoms with Crippen LogP contribution in [0.2, 0.25) is 0 Å². The molecule has 1 rings (SSSR count). The van der Waals surface area contributed by atoms with E-state index in [1.807, 2.05) is 11.9 Å². The molecule has 0 aliphatic heterocycles. The SMILES string of the molecule is COC(C)CC1CC1COC(C)CCN(C)C(=O)CC(C)C. The first-order chi connectivity index (χ1) is 10.3. The molecule has 0 aromatic carbocycles. The van der Waals surface area contributed by atoms with E-state index in [1.165, 1.54) is 6.42 Å². The predicted octanol–water partition coefficient (Wildman–Crippen LogP) is 3.35. The summed E-state index contributed by atoms with van der Waals surface area (Å²) in [6.45, 7) is 10.0. The zero-order chi connectivity index (χ0) is 16.7. The predicted molar refractivity (Wildman–Crippen MR) is 89.8 cm³/mol. The zero-order valence-electron chi connectivity index (χ0n) is 15.3. The highest BCUT2D eigenvalue weighted by atomic mass is 16.5. The lowest BCUT2D eigenvalue weighted by atomic mass is 10.1. The minimum atomic E-state index is 0.218. The highest BCUT2D eigenvalue weighted by Gasteiger charge is 2.38. The zero-order valence-corrected chi connectivity index (χ0v) is 15.3. The van der Waals surface area contributed by atoms with Gasteiger partial charge in [-0.15, -0.1) is 0 Å². The molecule has 0 radical (unpaired) electrons. The van der Waals surface area contributed by atoms with Crippen molar-refractivity contribution in [2.45, 2.75) is 65.6 Å². The first-order valence-electron chi connectivity index (χ1n) is 8.71. The molecule has 1 amide bonds. The second kappa shape index (κ2) is 9.51. The van der Waals surface area contributed by atoms with E-state index in [2.05, 4.69) is 27.7 Å². The lowest BCUT2D eigenvalue weighted by Crippen LogP contribution is -2.30. The smallest absolute Gasteiger partial charge is 0.222 e. The van der Waals surface area contributed by atoms with Crippen molar-refractivity contribution in [3.8, 4) is 0 Å². The standard InChI is InChI=1S/C18H35NO3/c1-13(2)9-18(20)19(5)8-7-14(3)22-12-17-11-16(17)10-15(4)21-6/h13-17H,7-12H2,1-6H3. The van der Waals surface area contributed by atoms with Gasteiger partial charge in [0, 0.05) is 27.1 Å². The summed E-state index contributed by atoms with van der Waals surface area (Å²) in [5, 5.41) is 0. The summed E-state index contributed by atoms with van der Waals surface area (Å²) in [6, 6.07) is 0. The number of hydrogen-bond acceptors (Lipinski definition) is 3. The average Bonchev–Trinajstić information content (AvgIpc) is 3.19. The van der Waals surface area contributed by atoms with Gasteiger partial charge < -0.3 is 14.4 Å². The van der Waals surface area contributed by atoms with Gasteiger partial charge in [-0.2, -0.15) is 0 Å². The second-order valence-electron chi connectivity index (χ2n) is 7.38. The van der Waals surface area contributed by atoms with E-state index in [9.17, 15) is 4.79 Å². The molecular weight excluding hydrogens is 278 g/mol. The fourth-order valence-electron chi connectivity index (χ4n) is 2.70. The van der Waals surface area contributed by atoms with Crippen molar-refractivity contribution < 1.29 is 14.3 Å². The molecule has 4 nitrogen and oxygen atoms in total. The van der Waals surface area contributed by atoms with Crippen LogP contribution in [0.1, 0.15) is 53.4 Å². The van der Waals surface area contributed by atoms with Gasteiger partial charge in [0.15, 0.2) is 0 Å². The molecule has 0 heterocycles. The Hall–Kier alpha value is -0.610. The van der Waals surface area contributed by atoms with Gasteiger partial charge in [-0.25, -0.2) is 0 Å². The maximum atomic E-state index is 11.9. The van der Waals surface area contributed by atoms with E-state index < -0.39 is 0 Å². The van der Waals surface area contributed by atoms with Gasteiger partial charge in [0.05, 0.1) is 18.8 Å². The lowest BCUT2D eigenvalue weighted by molar-refractivity contribution is -0.131. The Kier molecular flexibility index (Phi) is 8.40. The van der Waals surface area contributed by atoms with Gasteiger partial charge in [-0.3, -0.25) is 4.79 Å². The van der Waals surface area contributed by atoms with Crippen LogP contribution in [-0.2, 0) is 14.3 Å². The highest BCUT2D eigenvalue weighted by Crippen LogP contribution is 2.42. The summed E-state index contributed by atoms with van der Waals surface area (Å²) < 4.78 is 11.3. The van der Waals surface area contributed by atoms with Gasteiger partial charge >= 0.3 is 0 Å². The summed E-state index contributed by atoms with van der Waals surface area (Å²) in [4.78, 5) is 13.7. The van der Waals surface area contributed by atoms with Gasteiger partial charge in [0.25, 0.3) is 0 Å². The first kappa shape index (κ1) is 19.4. The van der Waals surface area contributed by atoms with Crippen LogP contribution in [0.4, 0.5) is 0 Å². The summed E-state index contributed by atoms with van der Waals surface area (Å²) in [5.41, 5.74) is 0. The van der Waals surface area contributed by atoms with E-state index in [-0.39, 0.29) is 12.0 Å². The van der Waals surface area contributed by atoms with E-state index in [1.54, 1.807) is 7.11 Å². The van der Waals surface area contributed by atoms with Crippen molar-refractivity contribution in [2.24, 2.45) is 17.8 Å². The van der Waals surface area contributed by atoms with Crippen molar-refractivity contribution in [1.29, 1.82) is 0 Å². The molecular formula is C18H35NO3. The molecule has 1 aliphatic rings. The maximum Gasteiger partial charge on any atom is 0.222 e. The molecule has 4 unspecified atom stereocenters. The number of carbonyl (C=O) groups excluding carboxylic acids is 1. The topological polar surface area (TPSA) is 38.8 Å². The Labute approximate surface area is 136 Å². The molecule has 0 N–H and O–H groups in total. The van der Waals surface area contributed by atoms with Crippen LogP contribution < -0.4 is 0 Å². The van der Waals surface area contributed by atoms with Crippen LogP contribution in [0.5, 0.6) is 0 Å². The molecule has 1 aliphatic carbocycles. The molecule has 22 heavy (non-hydrogen) atoms. The normalized spacial score (nSPS) is 23.4. The molecule has 1 saturated carbocycles. The van der Waals surface area contributed by atoms with Crippen molar-refractivity contribution in [2.75, 3.05) is 27.3 Å². The van der Waals surface area contributed by atoms with Crippen molar-refractivity contribution in [1.82, 2.24) is 4.90 Å². The van der Waals surface area contributed by atoms with Crippen molar-refractivity contribution in [3.63, 3.8) is 0 Å². The van der Waals surface area contributed by atoms with Crippen LogP contribution in [0.15, 0.2) is 0 Å². The number of carbonyl (C=O) groups is 1. The molecule has 0 aromatic rings. The Morgan fingerprint density at radius 2 is 1.86 bits per heavy atom. The summed E-state index contributed by atoms with van der Waals surface area (Å²) in [7, 11) is 3.66. The number of ether oxygens (including phenoxy) is 2. The third-order valence-corrected chi connectivity index (χ3v) is 4.58. The van der Waals surface area contributed by atoms with Gasteiger partial charge in [-0.05, 0) is 50.9 Å². The monoisotopic (exact) mass is 313 g/mol. The molecule has 0 saturated heterocycles. The maximum absolute atomic E-state index is 11.9. The molecule has 1 fully saturated rings. The molecule has 0 aromatic heterocycles. The minimum absolute atomic E-state index is 0.218. The average molecular weight is 313 g/mol. The number of amides is 1. The lowest BCUT2D eigenvalue weighted by Gasteiger charge is -2.21. The van der Waals surface area contributed by atoms with Crippen LogP contribution in [-0.4, -0.2) is 50.3 Å². The third-order valence-electron chi connectivity index (χ3n) is 4.58. The Morgan fingerprint density at radius 3 is 2.45 bits per heavy atom. The van der Waals surface area contributed by atoms with Crippen molar-refractivity contribution >= 4 is 5.91 Å². The fourth-order valence-corrected chi connectivity index (χ4v) is 2.70. The summed E-state index contributed by atoms with van der Waals surface area (Å²) in [6.07, 6.45) is 4.53. The Morgan fingerprint density at radius 1 is 1.18 bits per heavy atom. The van der Waals surface area contributed by atoms with Crippen LogP contribution in [0.3, 0.4) is 0 Å². The number of methoxy groups -OCH3 is 1. The second-order valence-corrected chi connectivity index (χ2v) is 7.38. The molecule has 4 heteroatoms. The third kappa shape index (κ3) is 7.59. The number of rotatable bonds is 11. The largest absolute Gasteiger partial charge is 0.382 e. The number of nitrogens with zero attached hydrogens (tertiary/aromatic N) is 1. The fraction of sp³-hybridized carbons (Fsp3) is 0.944. The minimum Gasteiger partial charge on any atom is -0.382 e. The molecule has 130 valence electrons. The molecule has 0 spiro atoms. The van der Waals surface area contributed by atoms with Gasteiger partial charge in [0.1, 0.15) is 0 Å². The quantitative estimate of drug-likeness (QED) is 0.587. The van der Waals surface area contributed by atoms with Crippen molar-refractivity contribution in [3.05, 3.63) is 0 Å². The van der Waals surface area contributed by atoms with Gasteiger partial charge in [-0.1, -0.05) is 13.8 Å². The number of hydrogen-bond donors (Lipinski definition) is 0. The van der Waals surface area contributed by atoms with E-state index in [0.717, 1.165) is 31.9 Å². The van der Waals surface area contributed by atoms with E-state index in [0.29, 0.717) is 24.4 Å². The van der Waals surface area contributed by atoms with Gasteiger partial charge in [0.2, 0.25) is 5.91 Å². The summed E-state index contributed by atoms with van der Waals surface area (Å²) >= 11 is 0. The molecule has 0 bridgehead atoms. The first-order valence-corrected chi connectivity index (χ1v) is 8.71. The molecule has 4 atom stereocenters. The van der Waals surface area contributed by atoms with Crippen LogP contribution in [0.25, 0.3) is 0 Å². The van der Waals surface area contributed by atoms with E-state index in [4.69, 9.17) is 9.47 Å². The highest BCUT2D eigenvalue weighted by molar-refractivity contribution is 5.75. The Balaban J connectivity index is 2.09. The van der Waals surface area contributed by atoms with Crippen LogP contribution >= 0.6 is 0 Å². The van der Waals surface area contributed by atoms with Crippen LogP contribution in [0, 0.1) is 17.8 Å². The Bertz CT molecular complexity index is 332. The van der Waals surface area contributed by atoms with E-state index >= 15 is 0 Å².